The lowest BCUT2D eigenvalue weighted by Gasteiger charge is -2.11. The van der Waals surface area contributed by atoms with Crippen molar-refractivity contribution in [1.82, 2.24) is 4.98 Å². The Kier molecular flexibility index (Phi) is 6.00. The van der Waals surface area contributed by atoms with Crippen LogP contribution in [0.15, 0.2) is 59.1 Å². The third kappa shape index (κ3) is 4.30. The smallest absolute Gasteiger partial charge is 0.257 e. The molecule has 5 rings (SSSR count). The number of rotatable bonds is 4. The first kappa shape index (κ1) is 21.8. The molecule has 1 aliphatic carbocycles. The predicted octanol–water partition coefficient (Wildman–Crippen LogP) is 6.35. The van der Waals surface area contributed by atoms with Gasteiger partial charge in [-0.1, -0.05) is 52.7 Å². The van der Waals surface area contributed by atoms with Crippen molar-refractivity contribution in [3.63, 3.8) is 0 Å². The Morgan fingerprint density at radius 3 is 2.55 bits per heavy atom. The van der Waals surface area contributed by atoms with Gasteiger partial charge >= 0.3 is 0 Å². The van der Waals surface area contributed by atoms with Gasteiger partial charge in [0.1, 0.15) is 5.00 Å². The van der Waals surface area contributed by atoms with Crippen molar-refractivity contribution >= 4 is 55.0 Å². The number of carbonyl (C=O) groups is 2. The molecule has 0 aliphatic heterocycles. The van der Waals surface area contributed by atoms with Gasteiger partial charge in [0.25, 0.3) is 11.8 Å². The van der Waals surface area contributed by atoms with Crippen LogP contribution in [-0.4, -0.2) is 16.8 Å². The number of aromatic nitrogens is 1. The fourth-order valence-electron chi connectivity index (χ4n) is 4.39. The van der Waals surface area contributed by atoms with E-state index in [2.05, 4.69) is 21.2 Å². The van der Waals surface area contributed by atoms with Crippen LogP contribution >= 0.6 is 27.3 Å². The van der Waals surface area contributed by atoms with Crippen molar-refractivity contribution in [3.05, 3.63) is 80.6 Å². The number of benzene rings is 2. The maximum Gasteiger partial charge on any atom is 0.257 e. The molecule has 0 saturated carbocycles. The van der Waals surface area contributed by atoms with E-state index in [9.17, 15) is 9.59 Å². The zero-order valence-electron chi connectivity index (χ0n) is 17.9. The average Bonchev–Trinajstić information content (AvgIpc) is 2.99. The summed E-state index contributed by atoms with van der Waals surface area (Å²) < 4.78 is 0.974. The summed E-state index contributed by atoms with van der Waals surface area (Å²) >= 11 is 4.94. The molecule has 0 radical (unpaired) electrons. The van der Waals surface area contributed by atoms with Crippen molar-refractivity contribution in [2.24, 2.45) is 5.73 Å². The molecule has 3 N–H and O–H groups in total. The van der Waals surface area contributed by atoms with Crippen LogP contribution in [0.1, 0.15) is 50.4 Å². The summed E-state index contributed by atoms with van der Waals surface area (Å²) in [5.41, 5.74) is 10.1. The highest BCUT2D eigenvalue weighted by molar-refractivity contribution is 9.10. The Morgan fingerprint density at radius 2 is 1.76 bits per heavy atom. The lowest BCUT2D eigenvalue weighted by Crippen LogP contribution is -2.18. The summed E-state index contributed by atoms with van der Waals surface area (Å²) in [6.45, 7) is 0. The second kappa shape index (κ2) is 9.08. The Morgan fingerprint density at radius 1 is 1.00 bits per heavy atom. The highest BCUT2D eigenvalue weighted by atomic mass is 79.9. The molecule has 2 amide bonds. The zero-order chi connectivity index (χ0) is 22.9. The number of primary amides is 1. The molecule has 7 heteroatoms. The van der Waals surface area contributed by atoms with Crippen molar-refractivity contribution in [2.45, 2.75) is 32.1 Å². The van der Waals surface area contributed by atoms with E-state index in [-0.39, 0.29) is 5.91 Å². The van der Waals surface area contributed by atoms with Gasteiger partial charge in [-0.3, -0.25) is 9.59 Å². The minimum absolute atomic E-state index is 0.272. The molecule has 0 unspecified atom stereocenters. The molecule has 0 saturated heterocycles. The number of carbonyl (C=O) groups excluding carboxylic acids is 2. The number of hydrogen-bond donors (Lipinski definition) is 2. The first-order chi connectivity index (χ1) is 16.0. The quantitative estimate of drug-likeness (QED) is 0.308. The molecular weight excluding hydrogens is 498 g/mol. The molecule has 2 aromatic heterocycles. The van der Waals surface area contributed by atoms with E-state index in [1.807, 2.05) is 54.6 Å². The van der Waals surface area contributed by atoms with Crippen LogP contribution in [0.5, 0.6) is 0 Å². The maximum absolute atomic E-state index is 13.5. The van der Waals surface area contributed by atoms with Crippen LogP contribution in [0.2, 0.25) is 0 Å². The first-order valence-electron chi connectivity index (χ1n) is 10.9. The Labute approximate surface area is 204 Å². The van der Waals surface area contributed by atoms with E-state index >= 15 is 0 Å². The fourth-order valence-corrected chi connectivity index (χ4v) is 5.95. The molecule has 2 heterocycles. The number of hydrogen-bond acceptors (Lipinski definition) is 4. The molecule has 5 nitrogen and oxygen atoms in total. The van der Waals surface area contributed by atoms with E-state index in [0.717, 1.165) is 63.5 Å². The monoisotopic (exact) mass is 519 g/mol. The number of nitrogens with two attached hydrogens (primary N) is 1. The van der Waals surface area contributed by atoms with Gasteiger partial charge < -0.3 is 11.1 Å². The summed E-state index contributed by atoms with van der Waals surface area (Å²) in [6, 6.07) is 17.2. The first-order valence-corrected chi connectivity index (χ1v) is 12.5. The number of halogens is 1. The molecule has 0 atom stereocenters. The number of aryl methyl sites for hydroxylation is 1. The molecule has 0 spiro atoms. The van der Waals surface area contributed by atoms with Crippen LogP contribution in [0, 0.1) is 0 Å². The summed E-state index contributed by atoms with van der Waals surface area (Å²) in [6.07, 6.45) is 5.00. The van der Waals surface area contributed by atoms with Crippen molar-refractivity contribution in [3.8, 4) is 11.3 Å². The summed E-state index contributed by atoms with van der Waals surface area (Å²) in [7, 11) is 0. The maximum atomic E-state index is 13.5. The minimum atomic E-state index is -0.486. The van der Waals surface area contributed by atoms with E-state index in [4.69, 9.17) is 10.7 Å². The third-order valence-electron chi connectivity index (χ3n) is 6.00. The van der Waals surface area contributed by atoms with Gasteiger partial charge in [0.05, 0.1) is 22.3 Å². The molecule has 0 fully saturated rings. The molecule has 1 aliphatic rings. The van der Waals surface area contributed by atoms with Crippen molar-refractivity contribution < 1.29 is 9.59 Å². The lowest BCUT2D eigenvalue weighted by atomic mass is 10.0. The van der Waals surface area contributed by atoms with Crippen LogP contribution in [0.3, 0.4) is 0 Å². The normalized spacial score (nSPS) is 13.4. The number of nitrogens with zero attached hydrogens (tertiary/aromatic N) is 1. The van der Waals surface area contributed by atoms with Crippen LogP contribution in [0.25, 0.3) is 22.2 Å². The van der Waals surface area contributed by atoms with Gasteiger partial charge in [-0.05, 0) is 55.5 Å². The van der Waals surface area contributed by atoms with Crippen LogP contribution in [0.4, 0.5) is 5.00 Å². The summed E-state index contributed by atoms with van der Waals surface area (Å²) in [5.74, 6) is -0.759. The van der Waals surface area contributed by atoms with Crippen molar-refractivity contribution in [2.75, 3.05) is 5.32 Å². The summed E-state index contributed by atoms with van der Waals surface area (Å²) in [5, 5.41) is 4.31. The largest absolute Gasteiger partial charge is 0.365 e. The van der Waals surface area contributed by atoms with Gasteiger partial charge in [-0.15, -0.1) is 11.3 Å². The Hall–Kier alpha value is -3.03. The standard InChI is InChI=1S/C26H22BrN3O2S/c27-16-12-10-15(11-13-16)21-14-19(17-6-4-5-8-20(17)29-21)25(32)30-26-23(24(28)31)18-7-2-1-3-9-22(18)33-26/h4-6,8,10-14H,1-3,7,9H2,(H2,28,31)(H,30,32). The second-order valence-electron chi connectivity index (χ2n) is 8.17. The number of para-hydroxylation sites is 1. The average molecular weight is 520 g/mol. The lowest BCUT2D eigenvalue weighted by molar-refractivity contribution is 0.100. The summed E-state index contributed by atoms with van der Waals surface area (Å²) in [4.78, 5) is 31.8. The van der Waals surface area contributed by atoms with Gasteiger partial charge in [0.15, 0.2) is 0 Å². The molecule has 33 heavy (non-hydrogen) atoms. The zero-order valence-corrected chi connectivity index (χ0v) is 20.3. The number of thiophene rings is 1. The number of amides is 2. The van der Waals surface area contributed by atoms with E-state index in [1.165, 1.54) is 11.3 Å². The van der Waals surface area contributed by atoms with Crippen LogP contribution < -0.4 is 11.1 Å². The van der Waals surface area contributed by atoms with Crippen LogP contribution in [-0.2, 0) is 12.8 Å². The topological polar surface area (TPSA) is 85.1 Å². The van der Waals surface area contributed by atoms with E-state index in [1.54, 1.807) is 0 Å². The van der Waals surface area contributed by atoms with E-state index < -0.39 is 5.91 Å². The second-order valence-corrected chi connectivity index (χ2v) is 10.2. The van der Waals surface area contributed by atoms with Gasteiger partial charge in [0.2, 0.25) is 0 Å². The van der Waals surface area contributed by atoms with E-state index in [0.29, 0.717) is 21.8 Å². The fraction of sp³-hybridized carbons (Fsp3) is 0.192. The molecule has 166 valence electrons. The van der Waals surface area contributed by atoms with Gasteiger partial charge in [0, 0.05) is 20.3 Å². The SMILES string of the molecule is NC(=O)c1c(NC(=O)c2cc(-c3ccc(Br)cc3)nc3ccccc23)sc2c1CCCCC2. The third-order valence-corrected chi connectivity index (χ3v) is 7.73. The highest BCUT2D eigenvalue weighted by Gasteiger charge is 2.25. The molecule has 2 aromatic carbocycles. The number of fused-ring (bicyclic) bond motifs is 2. The van der Waals surface area contributed by atoms with Gasteiger partial charge in [-0.2, -0.15) is 0 Å². The molecular formula is C26H22BrN3O2S. The number of anilines is 1. The number of nitrogens with one attached hydrogen (secondary N) is 1. The Balaban J connectivity index is 1.58. The predicted molar refractivity (Wildman–Crippen MR) is 137 cm³/mol. The molecule has 0 bridgehead atoms. The number of pyridine rings is 1. The highest BCUT2D eigenvalue weighted by Crippen LogP contribution is 2.38. The van der Waals surface area contributed by atoms with Crippen molar-refractivity contribution in [1.29, 1.82) is 0 Å². The van der Waals surface area contributed by atoms with Gasteiger partial charge in [-0.25, -0.2) is 4.98 Å². The minimum Gasteiger partial charge on any atom is -0.365 e. The Bertz CT molecular complexity index is 1380. The molecule has 4 aromatic rings.